The van der Waals surface area contributed by atoms with Gasteiger partial charge in [-0.25, -0.2) is 0 Å². The summed E-state index contributed by atoms with van der Waals surface area (Å²) in [5.41, 5.74) is 0. The fourth-order valence-corrected chi connectivity index (χ4v) is 0.743. The summed E-state index contributed by atoms with van der Waals surface area (Å²) in [4.78, 5) is 0. The molecule has 0 aromatic heterocycles. The zero-order chi connectivity index (χ0) is 9.82. The Morgan fingerprint density at radius 1 is 1.08 bits per heavy atom. The quantitative estimate of drug-likeness (QED) is 0.665. The summed E-state index contributed by atoms with van der Waals surface area (Å²) in [7, 11) is 3.95. The van der Waals surface area contributed by atoms with Gasteiger partial charge in [-0.1, -0.05) is 27.2 Å². The number of nitrogens with one attached hydrogen (secondary N) is 2. The molecule has 0 aliphatic carbocycles. The van der Waals surface area contributed by atoms with Crippen LogP contribution in [0, 0.1) is 5.92 Å². The monoisotopic (exact) mass is 174 g/mol. The molecule has 0 fully saturated rings. The molecular formula is C10H26N2. The van der Waals surface area contributed by atoms with Crippen LogP contribution in [0.4, 0.5) is 0 Å². The van der Waals surface area contributed by atoms with E-state index in [2.05, 4.69) is 31.4 Å². The van der Waals surface area contributed by atoms with E-state index >= 15 is 0 Å². The lowest BCUT2D eigenvalue weighted by Crippen LogP contribution is -2.14. The second-order valence-electron chi connectivity index (χ2n) is 3.17. The molecule has 0 spiro atoms. The largest absolute Gasteiger partial charge is 0.320 e. The van der Waals surface area contributed by atoms with Gasteiger partial charge in [-0.2, -0.15) is 0 Å². The lowest BCUT2D eigenvalue weighted by atomic mass is 10.1. The van der Waals surface area contributed by atoms with Crippen molar-refractivity contribution in [3.05, 3.63) is 0 Å². The van der Waals surface area contributed by atoms with Crippen molar-refractivity contribution >= 4 is 0 Å². The van der Waals surface area contributed by atoms with Gasteiger partial charge in [0.25, 0.3) is 0 Å². The van der Waals surface area contributed by atoms with Gasteiger partial charge in [0.15, 0.2) is 0 Å². The summed E-state index contributed by atoms with van der Waals surface area (Å²) < 4.78 is 0. The molecule has 2 N–H and O–H groups in total. The topological polar surface area (TPSA) is 24.1 Å². The molecule has 0 aliphatic heterocycles. The summed E-state index contributed by atoms with van der Waals surface area (Å²) in [6, 6.07) is 0. The lowest BCUT2D eigenvalue weighted by Gasteiger charge is -2.04. The van der Waals surface area contributed by atoms with E-state index in [9.17, 15) is 0 Å². The minimum atomic E-state index is 0.838. The Balaban J connectivity index is 0. The van der Waals surface area contributed by atoms with E-state index in [0.717, 1.165) is 19.0 Å². The average Bonchev–Trinajstić information content (AvgIpc) is 2.07. The van der Waals surface area contributed by atoms with Crippen LogP contribution in [0.5, 0.6) is 0 Å². The van der Waals surface area contributed by atoms with Gasteiger partial charge >= 0.3 is 0 Å². The van der Waals surface area contributed by atoms with Crippen LogP contribution < -0.4 is 10.6 Å². The van der Waals surface area contributed by atoms with Gasteiger partial charge in [-0.05, 0) is 39.5 Å². The maximum absolute atomic E-state index is 3.12. The molecule has 0 radical (unpaired) electrons. The molecule has 76 valence electrons. The molecule has 12 heavy (non-hydrogen) atoms. The van der Waals surface area contributed by atoms with E-state index in [1.165, 1.54) is 12.8 Å². The summed E-state index contributed by atoms with van der Waals surface area (Å²) >= 11 is 0. The van der Waals surface area contributed by atoms with Crippen LogP contribution in [0.1, 0.15) is 33.6 Å². The first kappa shape index (κ1) is 14.4. The standard InChI is InChI=1S/C6H15N.C4H11N/c1-4-6(2)5-7-3;1-3-4-5-2/h6-7H,4-5H2,1-3H3;5H,3-4H2,1-2H3. The van der Waals surface area contributed by atoms with E-state index < -0.39 is 0 Å². The van der Waals surface area contributed by atoms with Crippen LogP contribution in [0.2, 0.25) is 0 Å². The Bertz CT molecular complexity index is 62.9. The number of hydrogen-bond donors (Lipinski definition) is 2. The highest BCUT2D eigenvalue weighted by atomic mass is 14.8. The van der Waals surface area contributed by atoms with Crippen molar-refractivity contribution in [2.24, 2.45) is 5.92 Å². The molecule has 2 heteroatoms. The molecule has 0 amide bonds. The van der Waals surface area contributed by atoms with Crippen molar-refractivity contribution in [2.75, 3.05) is 27.2 Å². The molecule has 2 nitrogen and oxygen atoms in total. The Kier molecular flexibility index (Phi) is 16.3. The van der Waals surface area contributed by atoms with Gasteiger partial charge in [0.05, 0.1) is 0 Å². The van der Waals surface area contributed by atoms with Crippen LogP contribution in [-0.4, -0.2) is 27.2 Å². The summed E-state index contributed by atoms with van der Waals surface area (Å²) in [6.07, 6.45) is 2.51. The maximum atomic E-state index is 3.12. The van der Waals surface area contributed by atoms with Crippen LogP contribution in [0.25, 0.3) is 0 Å². The zero-order valence-electron chi connectivity index (χ0n) is 9.41. The zero-order valence-corrected chi connectivity index (χ0v) is 9.41. The van der Waals surface area contributed by atoms with Crippen molar-refractivity contribution in [1.82, 2.24) is 10.6 Å². The number of rotatable bonds is 5. The average molecular weight is 174 g/mol. The SMILES string of the molecule is CCC(C)CNC.CCCNC. The van der Waals surface area contributed by atoms with Crippen molar-refractivity contribution in [3.8, 4) is 0 Å². The number of hydrogen-bond acceptors (Lipinski definition) is 2. The minimum Gasteiger partial charge on any atom is -0.320 e. The minimum absolute atomic E-state index is 0.838. The van der Waals surface area contributed by atoms with E-state index in [4.69, 9.17) is 0 Å². The molecule has 0 rings (SSSR count). The highest BCUT2D eigenvalue weighted by Crippen LogP contribution is 1.95. The fraction of sp³-hybridized carbons (Fsp3) is 1.00. The first-order chi connectivity index (χ1) is 5.72. The van der Waals surface area contributed by atoms with E-state index in [1.54, 1.807) is 0 Å². The third-order valence-electron chi connectivity index (χ3n) is 1.75. The van der Waals surface area contributed by atoms with Crippen molar-refractivity contribution in [1.29, 1.82) is 0 Å². The van der Waals surface area contributed by atoms with Crippen molar-refractivity contribution < 1.29 is 0 Å². The van der Waals surface area contributed by atoms with Crippen molar-refractivity contribution in [2.45, 2.75) is 33.6 Å². The molecule has 1 unspecified atom stereocenters. The van der Waals surface area contributed by atoms with Crippen LogP contribution in [-0.2, 0) is 0 Å². The van der Waals surface area contributed by atoms with Crippen molar-refractivity contribution in [3.63, 3.8) is 0 Å². The normalized spacial score (nSPS) is 11.8. The Labute approximate surface area is 78.1 Å². The maximum Gasteiger partial charge on any atom is -0.00263 e. The van der Waals surface area contributed by atoms with E-state index in [1.807, 2.05) is 14.1 Å². The smallest absolute Gasteiger partial charge is 0.00263 e. The second kappa shape index (κ2) is 13.5. The van der Waals surface area contributed by atoms with Gasteiger partial charge in [0.1, 0.15) is 0 Å². The molecule has 0 saturated carbocycles. The van der Waals surface area contributed by atoms with Gasteiger partial charge in [-0.15, -0.1) is 0 Å². The predicted molar refractivity (Wildman–Crippen MR) is 57.6 cm³/mol. The van der Waals surface area contributed by atoms with Gasteiger partial charge in [-0.3, -0.25) is 0 Å². The molecule has 0 aromatic carbocycles. The highest BCUT2D eigenvalue weighted by molar-refractivity contribution is 4.49. The lowest BCUT2D eigenvalue weighted by molar-refractivity contribution is 0.528. The van der Waals surface area contributed by atoms with Gasteiger partial charge < -0.3 is 10.6 Å². The van der Waals surface area contributed by atoms with E-state index in [0.29, 0.717) is 0 Å². The Hall–Kier alpha value is -0.0800. The van der Waals surface area contributed by atoms with Gasteiger partial charge in [0.2, 0.25) is 0 Å². The summed E-state index contributed by atoms with van der Waals surface area (Å²) in [5.74, 6) is 0.838. The molecule has 0 saturated heterocycles. The Morgan fingerprint density at radius 2 is 1.67 bits per heavy atom. The first-order valence-corrected chi connectivity index (χ1v) is 5.02. The predicted octanol–water partition coefficient (Wildman–Crippen LogP) is 1.87. The molecular weight excluding hydrogens is 148 g/mol. The third kappa shape index (κ3) is 16.5. The fourth-order valence-electron chi connectivity index (χ4n) is 0.743. The summed E-state index contributed by atoms with van der Waals surface area (Å²) in [5, 5.41) is 6.14. The Morgan fingerprint density at radius 3 is 1.75 bits per heavy atom. The van der Waals surface area contributed by atoms with Crippen LogP contribution in [0.3, 0.4) is 0 Å². The first-order valence-electron chi connectivity index (χ1n) is 5.02. The van der Waals surface area contributed by atoms with Crippen LogP contribution in [0.15, 0.2) is 0 Å². The third-order valence-corrected chi connectivity index (χ3v) is 1.75. The molecule has 0 aromatic rings. The summed E-state index contributed by atoms with van der Waals surface area (Å²) in [6.45, 7) is 8.89. The molecule has 1 atom stereocenters. The van der Waals surface area contributed by atoms with Crippen LogP contribution >= 0.6 is 0 Å². The second-order valence-corrected chi connectivity index (χ2v) is 3.17. The van der Waals surface area contributed by atoms with Gasteiger partial charge in [0, 0.05) is 0 Å². The highest BCUT2D eigenvalue weighted by Gasteiger charge is 1.91. The molecule has 0 aliphatic rings. The van der Waals surface area contributed by atoms with E-state index in [-0.39, 0.29) is 0 Å². The molecule has 0 bridgehead atoms. The molecule has 0 heterocycles.